The molecule has 2 heterocycles. The first-order valence-corrected chi connectivity index (χ1v) is 10.8. The Morgan fingerprint density at radius 1 is 0.935 bits per heavy atom. The van der Waals surface area contributed by atoms with Gasteiger partial charge in [0.1, 0.15) is 11.9 Å². The highest BCUT2D eigenvalue weighted by Gasteiger charge is 2.44. The van der Waals surface area contributed by atoms with Gasteiger partial charge in [-0.2, -0.15) is 10.2 Å². The van der Waals surface area contributed by atoms with Crippen molar-refractivity contribution < 1.29 is 9.50 Å². The first-order valence-electron chi connectivity index (χ1n) is 10.8. The molecule has 1 aromatic carbocycles. The Morgan fingerprint density at radius 2 is 1.74 bits per heavy atom. The minimum atomic E-state index is -0.813. The largest absolute Gasteiger partial charge is 0.507 e. The second-order valence-electron chi connectivity index (χ2n) is 8.87. The Kier molecular flexibility index (Phi) is 5.04. The molecule has 0 aliphatic heterocycles. The minimum Gasteiger partial charge on any atom is -0.507 e. The maximum absolute atomic E-state index is 14.9. The number of fused-ring (bicyclic) bond motifs is 2. The van der Waals surface area contributed by atoms with Gasteiger partial charge in [0.25, 0.3) is 0 Å². The Labute approximate surface area is 181 Å². The average Bonchev–Trinajstić information content (AvgIpc) is 3.20. The van der Waals surface area contributed by atoms with Crippen molar-refractivity contribution in [1.82, 2.24) is 20.4 Å². The molecule has 160 valence electrons. The normalized spacial score (nSPS) is 24.9. The third-order valence-electron chi connectivity index (χ3n) is 6.85. The summed E-state index contributed by atoms with van der Waals surface area (Å²) >= 11 is 0. The lowest BCUT2D eigenvalue weighted by atomic mass is 9.83. The van der Waals surface area contributed by atoms with E-state index in [1.807, 2.05) is 49.2 Å². The van der Waals surface area contributed by atoms with E-state index in [0.29, 0.717) is 28.7 Å². The Morgan fingerprint density at radius 3 is 2.45 bits per heavy atom. The molecular weight excluding hydrogens is 393 g/mol. The maximum Gasteiger partial charge on any atom is 0.151 e. The van der Waals surface area contributed by atoms with Crippen LogP contribution in [0.25, 0.3) is 22.5 Å². The zero-order valence-corrected chi connectivity index (χ0v) is 17.7. The summed E-state index contributed by atoms with van der Waals surface area (Å²) in [5, 5.41) is 27.5. The van der Waals surface area contributed by atoms with Crippen LogP contribution in [0.4, 0.5) is 10.2 Å². The number of anilines is 1. The highest BCUT2D eigenvalue weighted by atomic mass is 19.1. The predicted molar refractivity (Wildman–Crippen MR) is 117 cm³/mol. The number of aromatic nitrogens is 4. The molecule has 3 aromatic rings. The van der Waals surface area contributed by atoms with Crippen LogP contribution in [0, 0.1) is 18.8 Å². The van der Waals surface area contributed by atoms with Crippen molar-refractivity contribution in [2.24, 2.45) is 11.8 Å². The molecule has 2 bridgehead atoms. The second kappa shape index (κ2) is 7.87. The van der Waals surface area contributed by atoms with E-state index in [4.69, 9.17) is 0 Å². The minimum absolute atomic E-state index is 0.1000. The first kappa shape index (κ1) is 19.8. The highest BCUT2D eigenvalue weighted by molar-refractivity contribution is 5.73. The van der Waals surface area contributed by atoms with Crippen LogP contribution in [-0.4, -0.2) is 44.8 Å². The molecule has 1 N–H and O–H groups in total. The van der Waals surface area contributed by atoms with Crippen molar-refractivity contribution in [2.45, 2.75) is 44.8 Å². The van der Waals surface area contributed by atoms with E-state index in [2.05, 4.69) is 20.4 Å². The van der Waals surface area contributed by atoms with Gasteiger partial charge in [-0.25, -0.2) is 4.39 Å². The van der Waals surface area contributed by atoms with Crippen molar-refractivity contribution in [3.05, 3.63) is 48.2 Å². The summed E-state index contributed by atoms with van der Waals surface area (Å²) in [4.78, 5) is 1.94. The fraction of sp³-hybridized carbons (Fsp3) is 0.417. The van der Waals surface area contributed by atoms with Gasteiger partial charge in [-0.05, 0) is 80.8 Å². The number of alkyl halides is 1. The van der Waals surface area contributed by atoms with E-state index >= 15 is 0 Å². The molecule has 4 atom stereocenters. The standard InChI is InChI=1S/C24H26FN5O/c1-14-3-8-19(27-26-14)16-6-7-18(22(31)13-16)20-9-10-23(29-28-20)30(2)21-12-15-4-5-17(11-15)24(21)25/h3,6-10,13,15,17,21,24,31H,4-5,11-12H2,1-2H3/t15-,17+,21+,24-/m0/s1. The molecule has 31 heavy (non-hydrogen) atoms. The summed E-state index contributed by atoms with van der Waals surface area (Å²) in [6.45, 7) is 1.88. The van der Waals surface area contributed by atoms with Gasteiger partial charge in [-0.1, -0.05) is 6.07 Å². The maximum atomic E-state index is 14.9. The van der Waals surface area contributed by atoms with Crippen LogP contribution < -0.4 is 4.90 Å². The number of phenolic OH excluding ortho intramolecular Hbond substituents is 1. The number of benzene rings is 1. The number of halogens is 1. The number of aromatic hydroxyl groups is 1. The lowest BCUT2D eigenvalue weighted by Gasteiger charge is -2.38. The van der Waals surface area contributed by atoms with Crippen molar-refractivity contribution in [3.8, 4) is 28.3 Å². The summed E-state index contributed by atoms with van der Waals surface area (Å²) in [6.07, 6.45) is 3.24. The van der Waals surface area contributed by atoms with Crippen LogP contribution in [-0.2, 0) is 0 Å². The van der Waals surface area contributed by atoms with Gasteiger partial charge in [-0.15, -0.1) is 10.2 Å². The van der Waals surface area contributed by atoms with E-state index in [0.717, 1.165) is 36.9 Å². The molecule has 2 fully saturated rings. The van der Waals surface area contributed by atoms with Crippen molar-refractivity contribution >= 4 is 5.82 Å². The summed E-state index contributed by atoms with van der Waals surface area (Å²) in [7, 11) is 1.90. The number of rotatable bonds is 4. The number of phenols is 1. The molecule has 7 heteroatoms. The van der Waals surface area contributed by atoms with E-state index in [-0.39, 0.29) is 17.7 Å². The molecular formula is C24H26FN5O. The van der Waals surface area contributed by atoms with E-state index in [9.17, 15) is 9.50 Å². The lowest BCUT2D eigenvalue weighted by Crippen LogP contribution is -2.46. The quantitative estimate of drug-likeness (QED) is 0.667. The van der Waals surface area contributed by atoms with Gasteiger partial charge >= 0.3 is 0 Å². The molecule has 2 saturated carbocycles. The van der Waals surface area contributed by atoms with Crippen LogP contribution in [0.5, 0.6) is 5.75 Å². The van der Waals surface area contributed by atoms with Gasteiger partial charge in [0, 0.05) is 18.2 Å². The van der Waals surface area contributed by atoms with Crippen LogP contribution in [0.15, 0.2) is 42.5 Å². The third-order valence-corrected chi connectivity index (χ3v) is 6.85. The molecule has 2 aromatic heterocycles. The van der Waals surface area contributed by atoms with Crippen molar-refractivity contribution in [1.29, 1.82) is 0 Å². The van der Waals surface area contributed by atoms with Crippen molar-refractivity contribution in [2.75, 3.05) is 11.9 Å². The fourth-order valence-corrected chi connectivity index (χ4v) is 5.06. The smallest absolute Gasteiger partial charge is 0.151 e. The topological polar surface area (TPSA) is 75.0 Å². The molecule has 0 amide bonds. The Bertz CT molecular complexity index is 1070. The molecule has 0 radical (unpaired) electrons. The van der Waals surface area contributed by atoms with E-state index in [1.54, 1.807) is 12.1 Å². The van der Waals surface area contributed by atoms with Crippen LogP contribution in [0.1, 0.15) is 31.4 Å². The molecule has 6 nitrogen and oxygen atoms in total. The zero-order valence-electron chi connectivity index (χ0n) is 17.7. The van der Waals surface area contributed by atoms with Gasteiger partial charge in [-0.3, -0.25) is 0 Å². The molecule has 5 rings (SSSR count). The number of aryl methyl sites for hydroxylation is 1. The second-order valence-corrected chi connectivity index (χ2v) is 8.87. The average molecular weight is 420 g/mol. The van der Waals surface area contributed by atoms with E-state index in [1.165, 1.54) is 0 Å². The van der Waals surface area contributed by atoms with Gasteiger partial charge in [0.05, 0.1) is 23.1 Å². The summed E-state index contributed by atoms with van der Waals surface area (Å²) in [6, 6.07) is 12.6. The van der Waals surface area contributed by atoms with Crippen LogP contribution in [0.3, 0.4) is 0 Å². The number of hydrogen-bond donors (Lipinski definition) is 1. The molecule has 0 unspecified atom stereocenters. The number of nitrogens with zero attached hydrogens (tertiary/aromatic N) is 5. The number of hydrogen-bond acceptors (Lipinski definition) is 6. The van der Waals surface area contributed by atoms with Gasteiger partial charge in [0.15, 0.2) is 5.82 Å². The third kappa shape index (κ3) is 3.73. The SMILES string of the molecule is Cc1ccc(-c2ccc(-c3ccc(N(C)[C@@H]4C[C@H]5CC[C@H](C5)[C@@H]4F)nn3)c(O)c2)nn1. The fourth-order valence-electron chi connectivity index (χ4n) is 5.06. The first-order chi connectivity index (χ1) is 15.0. The predicted octanol–water partition coefficient (Wildman–Crippen LogP) is 4.58. The molecule has 0 spiro atoms. The molecule has 2 aliphatic carbocycles. The lowest BCUT2D eigenvalue weighted by molar-refractivity contribution is 0.144. The monoisotopic (exact) mass is 419 g/mol. The summed E-state index contributed by atoms with van der Waals surface area (Å²) < 4.78 is 14.9. The van der Waals surface area contributed by atoms with Gasteiger partial charge < -0.3 is 10.0 Å². The highest BCUT2D eigenvalue weighted by Crippen LogP contribution is 2.45. The van der Waals surface area contributed by atoms with Crippen LogP contribution >= 0.6 is 0 Å². The summed E-state index contributed by atoms with van der Waals surface area (Å²) in [5.41, 5.74) is 3.46. The van der Waals surface area contributed by atoms with E-state index < -0.39 is 6.17 Å². The molecule has 0 saturated heterocycles. The van der Waals surface area contributed by atoms with Crippen LogP contribution in [0.2, 0.25) is 0 Å². The zero-order chi connectivity index (χ0) is 21.5. The Balaban J connectivity index is 1.35. The van der Waals surface area contributed by atoms with Gasteiger partial charge in [0.2, 0.25) is 0 Å². The molecule has 2 aliphatic rings. The summed E-state index contributed by atoms with van der Waals surface area (Å²) in [5.74, 6) is 1.57. The Hall–Kier alpha value is -3.09. The van der Waals surface area contributed by atoms with Crippen molar-refractivity contribution in [3.63, 3.8) is 0 Å².